The molecule has 0 radical (unpaired) electrons. The molecule has 3 aromatic rings. The summed E-state index contributed by atoms with van der Waals surface area (Å²) in [6.07, 6.45) is 6.32. The van der Waals surface area contributed by atoms with E-state index in [0.717, 1.165) is 5.56 Å². The number of ether oxygens (including phenoxy) is 1. The molecule has 1 amide bonds. The van der Waals surface area contributed by atoms with Crippen molar-refractivity contribution in [3.63, 3.8) is 0 Å². The summed E-state index contributed by atoms with van der Waals surface area (Å²) in [5.41, 5.74) is 1.20. The topological polar surface area (TPSA) is 110 Å². The monoisotopic (exact) mass is 424 g/mol. The van der Waals surface area contributed by atoms with Crippen molar-refractivity contribution in [1.29, 1.82) is 0 Å². The third-order valence-corrected chi connectivity index (χ3v) is 5.43. The average Bonchev–Trinajstić information content (AvgIpc) is 2.78. The fourth-order valence-corrected chi connectivity index (χ4v) is 3.46. The standard InChI is InChI=1S/C21H20N4O4S/c1-2-11-24-30(27,28)18-7-5-17(6-8-18)21(26)25-20-19(4-3-12-23-20)29-15-16-9-13-22-14-10-16/h2-10,12-14,24H,1,11,15H2,(H,23,25,26). The Bertz CT molecular complexity index is 1120. The van der Waals surface area contributed by atoms with E-state index in [0.29, 0.717) is 12.4 Å². The third kappa shape index (κ3) is 5.49. The summed E-state index contributed by atoms with van der Waals surface area (Å²) in [6.45, 7) is 3.88. The molecule has 1 aromatic carbocycles. The Morgan fingerprint density at radius 1 is 1.07 bits per heavy atom. The zero-order valence-electron chi connectivity index (χ0n) is 16.0. The molecule has 9 heteroatoms. The van der Waals surface area contributed by atoms with Gasteiger partial charge < -0.3 is 10.1 Å². The highest BCUT2D eigenvalue weighted by Gasteiger charge is 2.15. The Balaban J connectivity index is 1.69. The average molecular weight is 424 g/mol. The Kier molecular flexibility index (Phi) is 6.89. The van der Waals surface area contributed by atoms with Crippen molar-refractivity contribution in [3.05, 3.63) is 90.9 Å². The van der Waals surface area contributed by atoms with Gasteiger partial charge in [0.25, 0.3) is 5.91 Å². The van der Waals surface area contributed by atoms with Crippen LogP contribution >= 0.6 is 0 Å². The quantitative estimate of drug-likeness (QED) is 0.511. The Hall–Kier alpha value is -3.56. The van der Waals surface area contributed by atoms with Crippen LogP contribution in [0.2, 0.25) is 0 Å². The molecule has 3 rings (SSSR count). The molecule has 0 atom stereocenters. The number of hydrogen-bond acceptors (Lipinski definition) is 6. The summed E-state index contributed by atoms with van der Waals surface area (Å²) < 4.78 is 32.3. The van der Waals surface area contributed by atoms with E-state index >= 15 is 0 Å². The van der Waals surface area contributed by atoms with Crippen LogP contribution in [0.5, 0.6) is 5.75 Å². The van der Waals surface area contributed by atoms with Gasteiger partial charge in [0.15, 0.2) is 11.6 Å². The van der Waals surface area contributed by atoms with Gasteiger partial charge in [0, 0.05) is 30.7 Å². The van der Waals surface area contributed by atoms with Crippen molar-refractivity contribution in [2.45, 2.75) is 11.5 Å². The minimum atomic E-state index is -3.65. The third-order valence-electron chi connectivity index (χ3n) is 3.99. The number of benzene rings is 1. The molecular formula is C21H20N4O4S. The highest BCUT2D eigenvalue weighted by atomic mass is 32.2. The zero-order valence-corrected chi connectivity index (χ0v) is 16.8. The molecule has 0 spiro atoms. The van der Waals surface area contributed by atoms with E-state index in [1.54, 1.807) is 24.5 Å². The number of pyridine rings is 2. The molecule has 0 aliphatic rings. The number of sulfonamides is 1. The largest absolute Gasteiger partial charge is 0.485 e. The van der Waals surface area contributed by atoms with Gasteiger partial charge in [0.05, 0.1) is 4.90 Å². The summed E-state index contributed by atoms with van der Waals surface area (Å²) in [6, 6.07) is 12.6. The van der Waals surface area contributed by atoms with Crippen molar-refractivity contribution in [2.24, 2.45) is 0 Å². The number of anilines is 1. The highest BCUT2D eigenvalue weighted by molar-refractivity contribution is 7.89. The maximum Gasteiger partial charge on any atom is 0.256 e. The predicted molar refractivity (Wildman–Crippen MR) is 113 cm³/mol. The Labute approximate surface area is 174 Å². The van der Waals surface area contributed by atoms with Crippen LogP contribution in [0.4, 0.5) is 5.82 Å². The van der Waals surface area contributed by atoms with E-state index in [1.165, 1.54) is 36.5 Å². The van der Waals surface area contributed by atoms with E-state index in [2.05, 4.69) is 26.6 Å². The van der Waals surface area contributed by atoms with Crippen LogP contribution in [0.3, 0.4) is 0 Å². The summed E-state index contributed by atoms with van der Waals surface area (Å²) in [7, 11) is -3.65. The zero-order chi connectivity index (χ0) is 21.4. The summed E-state index contributed by atoms with van der Waals surface area (Å²) >= 11 is 0. The number of nitrogens with one attached hydrogen (secondary N) is 2. The number of rotatable bonds is 9. The first-order chi connectivity index (χ1) is 14.5. The minimum absolute atomic E-state index is 0.0557. The van der Waals surface area contributed by atoms with Crippen molar-refractivity contribution in [1.82, 2.24) is 14.7 Å². The highest BCUT2D eigenvalue weighted by Crippen LogP contribution is 2.23. The van der Waals surface area contributed by atoms with Crippen molar-refractivity contribution in [3.8, 4) is 5.75 Å². The molecule has 0 unspecified atom stereocenters. The summed E-state index contributed by atoms with van der Waals surface area (Å²) in [5, 5.41) is 2.69. The van der Waals surface area contributed by atoms with Gasteiger partial charge in [-0.1, -0.05) is 6.08 Å². The van der Waals surface area contributed by atoms with Crippen LogP contribution in [-0.2, 0) is 16.6 Å². The SMILES string of the molecule is C=CCNS(=O)(=O)c1ccc(C(=O)Nc2ncccc2OCc2ccncc2)cc1. The number of nitrogens with zero attached hydrogens (tertiary/aromatic N) is 2. The summed E-state index contributed by atoms with van der Waals surface area (Å²) in [4.78, 5) is 20.8. The van der Waals surface area contributed by atoms with Crippen molar-refractivity contribution >= 4 is 21.7 Å². The Morgan fingerprint density at radius 3 is 2.50 bits per heavy atom. The van der Waals surface area contributed by atoms with Crippen molar-refractivity contribution < 1.29 is 17.9 Å². The van der Waals surface area contributed by atoms with E-state index in [4.69, 9.17) is 4.74 Å². The van der Waals surface area contributed by atoms with Crippen molar-refractivity contribution in [2.75, 3.05) is 11.9 Å². The fraction of sp³-hybridized carbons (Fsp3) is 0.0952. The lowest BCUT2D eigenvalue weighted by atomic mass is 10.2. The second-order valence-corrected chi connectivity index (χ2v) is 7.88. The van der Waals surface area contributed by atoms with Crippen LogP contribution in [0, 0.1) is 0 Å². The second kappa shape index (κ2) is 9.77. The molecule has 2 N–H and O–H groups in total. The number of hydrogen-bond donors (Lipinski definition) is 2. The maximum atomic E-state index is 12.6. The van der Waals surface area contributed by atoms with Crippen LogP contribution < -0.4 is 14.8 Å². The molecule has 154 valence electrons. The van der Waals surface area contributed by atoms with E-state index < -0.39 is 15.9 Å². The lowest BCUT2D eigenvalue weighted by molar-refractivity contribution is 0.102. The van der Waals surface area contributed by atoms with Crippen LogP contribution in [-0.4, -0.2) is 30.8 Å². The van der Waals surface area contributed by atoms with E-state index in [9.17, 15) is 13.2 Å². The lowest BCUT2D eigenvalue weighted by Gasteiger charge is -2.12. The lowest BCUT2D eigenvalue weighted by Crippen LogP contribution is -2.23. The normalized spacial score (nSPS) is 10.9. The van der Waals surface area contributed by atoms with Gasteiger partial charge in [0.1, 0.15) is 6.61 Å². The van der Waals surface area contributed by atoms with Crippen LogP contribution in [0.25, 0.3) is 0 Å². The van der Waals surface area contributed by atoms with E-state index in [-0.39, 0.29) is 22.8 Å². The number of aromatic nitrogens is 2. The molecule has 0 saturated carbocycles. The first-order valence-corrected chi connectivity index (χ1v) is 10.5. The molecular weight excluding hydrogens is 404 g/mol. The number of carbonyl (C=O) groups is 1. The van der Waals surface area contributed by atoms with Gasteiger partial charge in [-0.2, -0.15) is 0 Å². The molecule has 30 heavy (non-hydrogen) atoms. The van der Waals surface area contributed by atoms with Crippen LogP contribution in [0.15, 0.2) is 84.7 Å². The predicted octanol–water partition coefficient (Wildman–Crippen LogP) is 2.77. The molecule has 2 aromatic heterocycles. The van der Waals surface area contributed by atoms with Crippen LogP contribution in [0.1, 0.15) is 15.9 Å². The maximum absolute atomic E-state index is 12.6. The van der Waals surface area contributed by atoms with Gasteiger partial charge in [-0.3, -0.25) is 9.78 Å². The first kappa shape index (κ1) is 21.2. The molecule has 0 saturated heterocycles. The van der Waals surface area contributed by atoms with Gasteiger partial charge >= 0.3 is 0 Å². The molecule has 0 aliphatic heterocycles. The smallest absolute Gasteiger partial charge is 0.256 e. The Morgan fingerprint density at radius 2 is 1.80 bits per heavy atom. The molecule has 2 heterocycles. The number of carbonyl (C=O) groups excluding carboxylic acids is 1. The fourth-order valence-electron chi connectivity index (χ4n) is 2.46. The molecule has 0 aliphatic carbocycles. The van der Waals surface area contributed by atoms with Gasteiger partial charge in [0.2, 0.25) is 10.0 Å². The van der Waals surface area contributed by atoms with E-state index in [1.807, 2.05) is 12.1 Å². The van der Waals surface area contributed by atoms with Gasteiger partial charge in [-0.25, -0.2) is 18.1 Å². The van der Waals surface area contributed by atoms with Gasteiger partial charge in [-0.15, -0.1) is 6.58 Å². The molecule has 8 nitrogen and oxygen atoms in total. The second-order valence-electron chi connectivity index (χ2n) is 6.11. The first-order valence-electron chi connectivity index (χ1n) is 8.98. The number of amides is 1. The molecule has 0 bridgehead atoms. The molecule has 0 fully saturated rings. The minimum Gasteiger partial charge on any atom is -0.485 e. The van der Waals surface area contributed by atoms with Gasteiger partial charge in [-0.05, 0) is 54.1 Å². The summed E-state index contributed by atoms with van der Waals surface area (Å²) in [5.74, 6) is 0.238.